The van der Waals surface area contributed by atoms with Crippen molar-refractivity contribution in [3.8, 4) is 0 Å². The van der Waals surface area contributed by atoms with E-state index in [1.165, 1.54) is 18.5 Å². The summed E-state index contributed by atoms with van der Waals surface area (Å²) >= 11 is 6.07. The van der Waals surface area contributed by atoms with Gasteiger partial charge in [-0.15, -0.1) is 0 Å². The van der Waals surface area contributed by atoms with E-state index in [1.807, 2.05) is 18.7 Å². The average molecular weight is 171 g/mol. The van der Waals surface area contributed by atoms with Gasteiger partial charge in [-0.25, -0.2) is 0 Å². The molecule has 0 spiro atoms. The van der Waals surface area contributed by atoms with Gasteiger partial charge in [0.2, 0.25) is 0 Å². The molecule has 2 nitrogen and oxygen atoms in total. The first-order valence-electron chi connectivity index (χ1n) is 3.89. The smallest absolute Gasteiger partial charge is 0.0849 e. The van der Waals surface area contributed by atoms with E-state index in [9.17, 15) is 0 Å². The zero-order valence-corrected chi connectivity index (χ0v) is 7.52. The van der Waals surface area contributed by atoms with Crippen LogP contribution in [0.4, 0.5) is 0 Å². The lowest BCUT2D eigenvalue weighted by Gasteiger charge is -1.97. The molecule has 1 fully saturated rings. The minimum absolute atomic E-state index is 0.689. The third-order valence-corrected chi connectivity index (χ3v) is 2.62. The Morgan fingerprint density at radius 1 is 1.55 bits per heavy atom. The van der Waals surface area contributed by atoms with Crippen molar-refractivity contribution >= 4 is 11.6 Å². The lowest BCUT2D eigenvalue weighted by atomic mass is 10.3. The standard InChI is InChI=1S/C8H11ClN2/c1-5-7(9)8(6-3-4-6)11(2)10-5/h6H,3-4H2,1-2H3. The zero-order valence-electron chi connectivity index (χ0n) is 6.76. The van der Waals surface area contributed by atoms with Crippen LogP contribution in [0.3, 0.4) is 0 Å². The molecule has 2 rings (SSSR count). The fourth-order valence-electron chi connectivity index (χ4n) is 1.45. The van der Waals surface area contributed by atoms with Crippen molar-refractivity contribution < 1.29 is 0 Å². The van der Waals surface area contributed by atoms with Crippen molar-refractivity contribution in [3.63, 3.8) is 0 Å². The van der Waals surface area contributed by atoms with Crippen LogP contribution in [0.1, 0.15) is 30.1 Å². The van der Waals surface area contributed by atoms with Gasteiger partial charge in [-0.2, -0.15) is 5.10 Å². The molecule has 3 heteroatoms. The van der Waals surface area contributed by atoms with Crippen LogP contribution in [0.25, 0.3) is 0 Å². The van der Waals surface area contributed by atoms with E-state index in [1.54, 1.807) is 0 Å². The summed E-state index contributed by atoms with van der Waals surface area (Å²) in [5, 5.41) is 5.13. The summed E-state index contributed by atoms with van der Waals surface area (Å²) in [5.74, 6) is 0.689. The Bertz CT molecular complexity index is 287. The number of hydrogen-bond donors (Lipinski definition) is 0. The molecule has 0 amide bonds. The van der Waals surface area contributed by atoms with Crippen LogP contribution < -0.4 is 0 Å². The van der Waals surface area contributed by atoms with Crippen molar-refractivity contribution in [2.75, 3.05) is 0 Å². The Morgan fingerprint density at radius 2 is 2.18 bits per heavy atom. The molecular weight excluding hydrogens is 160 g/mol. The first-order valence-corrected chi connectivity index (χ1v) is 4.27. The Kier molecular flexibility index (Phi) is 1.46. The normalized spacial score (nSPS) is 17.4. The summed E-state index contributed by atoms with van der Waals surface area (Å²) in [7, 11) is 1.96. The lowest BCUT2D eigenvalue weighted by molar-refractivity contribution is 0.707. The SMILES string of the molecule is Cc1nn(C)c(C2CC2)c1Cl. The van der Waals surface area contributed by atoms with Gasteiger partial charge >= 0.3 is 0 Å². The molecule has 0 unspecified atom stereocenters. The summed E-state index contributed by atoms with van der Waals surface area (Å²) < 4.78 is 1.91. The largest absolute Gasteiger partial charge is 0.271 e. The van der Waals surface area contributed by atoms with Crippen LogP contribution in [0.2, 0.25) is 5.02 Å². The highest BCUT2D eigenvalue weighted by atomic mass is 35.5. The lowest BCUT2D eigenvalue weighted by Crippen LogP contribution is -1.95. The van der Waals surface area contributed by atoms with Gasteiger partial charge in [-0.1, -0.05) is 11.6 Å². The van der Waals surface area contributed by atoms with Gasteiger partial charge in [0.05, 0.1) is 16.4 Å². The van der Waals surface area contributed by atoms with Gasteiger partial charge in [0.25, 0.3) is 0 Å². The summed E-state index contributed by atoms with van der Waals surface area (Å²) in [4.78, 5) is 0. The van der Waals surface area contributed by atoms with Crippen molar-refractivity contribution in [2.24, 2.45) is 7.05 Å². The van der Waals surface area contributed by atoms with Crippen molar-refractivity contribution in [2.45, 2.75) is 25.7 Å². The van der Waals surface area contributed by atoms with E-state index < -0.39 is 0 Å². The predicted octanol–water partition coefficient (Wildman–Crippen LogP) is 2.26. The molecule has 1 aromatic heterocycles. The fourth-order valence-corrected chi connectivity index (χ4v) is 1.76. The van der Waals surface area contributed by atoms with Gasteiger partial charge in [-0.3, -0.25) is 4.68 Å². The van der Waals surface area contributed by atoms with E-state index >= 15 is 0 Å². The van der Waals surface area contributed by atoms with Gasteiger partial charge in [0.15, 0.2) is 0 Å². The van der Waals surface area contributed by atoms with Crippen LogP contribution in [-0.2, 0) is 7.05 Å². The van der Waals surface area contributed by atoms with Crippen LogP contribution >= 0.6 is 11.6 Å². The Morgan fingerprint density at radius 3 is 2.55 bits per heavy atom. The quantitative estimate of drug-likeness (QED) is 0.632. The molecule has 60 valence electrons. The molecular formula is C8H11ClN2. The molecule has 0 bridgehead atoms. The first kappa shape index (κ1) is 7.17. The fraction of sp³-hybridized carbons (Fsp3) is 0.625. The van der Waals surface area contributed by atoms with E-state index in [4.69, 9.17) is 11.6 Å². The molecule has 0 aromatic carbocycles. The molecule has 1 aliphatic rings. The maximum absolute atomic E-state index is 6.07. The minimum Gasteiger partial charge on any atom is -0.271 e. The van der Waals surface area contributed by atoms with E-state index in [0.29, 0.717) is 5.92 Å². The van der Waals surface area contributed by atoms with E-state index in [2.05, 4.69) is 5.10 Å². The topological polar surface area (TPSA) is 17.8 Å². The second kappa shape index (κ2) is 2.24. The monoisotopic (exact) mass is 170 g/mol. The molecule has 1 aromatic rings. The average Bonchev–Trinajstić information content (AvgIpc) is 2.68. The van der Waals surface area contributed by atoms with Gasteiger partial charge in [-0.05, 0) is 19.8 Å². The summed E-state index contributed by atoms with van der Waals surface area (Å²) in [6, 6.07) is 0. The first-order chi connectivity index (χ1) is 5.20. The Balaban J connectivity index is 2.50. The second-order valence-electron chi connectivity index (χ2n) is 3.18. The molecule has 0 aliphatic heterocycles. The molecule has 0 atom stereocenters. The van der Waals surface area contributed by atoms with Gasteiger partial charge in [0.1, 0.15) is 0 Å². The highest BCUT2D eigenvalue weighted by Gasteiger charge is 2.29. The number of nitrogens with zero attached hydrogens (tertiary/aromatic N) is 2. The molecule has 0 radical (unpaired) electrons. The molecule has 1 saturated carbocycles. The minimum atomic E-state index is 0.689. The summed E-state index contributed by atoms with van der Waals surface area (Å²) in [5.41, 5.74) is 2.18. The number of halogens is 1. The van der Waals surface area contributed by atoms with E-state index in [0.717, 1.165) is 10.7 Å². The summed E-state index contributed by atoms with van der Waals surface area (Å²) in [6.07, 6.45) is 2.55. The van der Waals surface area contributed by atoms with Gasteiger partial charge in [0, 0.05) is 13.0 Å². The summed E-state index contributed by atoms with van der Waals surface area (Å²) in [6.45, 7) is 1.95. The van der Waals surface area contributed by atoms with Crippen molar-refractivity contribution in [1.29, 1.82) is 0 Å². The van der Waals surface area contributed by atoms with Crippen LogP contribution in [0.5, 0.6) is 0 Å². The van der Waals surface area contributed by atoms with Crippen LogP contribution in [0, 0.1) is 6.92 Å². The van der Waals surface area contributed by atoms with Crippen molar-refractivity contribution in [1.82, 2.24) is 9.78 Å². The second-order valence-corrected chi connectivity index (χ2v) is 3.56. The predicted molar refractivity (Wildman–Crippen MR) is 44.9 cm³/mol. The maximum atomic E-state index is 6.07. The van der Waals surface area contributed by atoms with E-state index in [-0.39, 0.29) is 0 Å². The number of rotatable bonds is 1. The third-order valence-electron chi connectivity index (χ3n) is 2.16. The van der Waals surface area contributed by atoms with Gasteiger partial charge < -0.3 is 0 Å². The number of aromatic nitrogens is 2. The molecule has 1 aliphatic carbocycles. The maximum Gasteiger partial charge on any atom is 0.0849 e. The molecule has 11 heavy (non-hydrogen) atoms. The molecule has 0 N–H and O–H groups in total. The third kappa shape index (κ3) is 1.06. The number of hydrogen-bond acceptors (Lipinski definition) is 1. The number of aryl methyl sites for hydroxylation is 2. The van der Waals surface area contributed by atoms with Crippen LogP contribution in [0.15, 0.2) is 0 Å². The Hall–Kier alpha value is -0.500. The highest BCUT2D eigenvalue weighted by Crippen LogP contribution is 2.43. The van der Waals surface area contributed by atoms with Crippen LogP contribution in [-0.4, -0.2) is 9.78 Å². The molecule has 1 heterocycles. The molecule has 0 saturated heterocycles. The Labute approximate surface area is 71.2 Å². The zero-order chi connectivity index (χ0) is 8.01. The highest BCUT2D eigenvalue weighted by molar-refractivity contribution is 6.32. The van der Waals surface area contributed by atoms with Crippen molar-refractivity contribution in [3.05, 3.63) is 16.4 Å².